The van der Waals surface area contributed by atoms with Gasteiger partial charge in [0.05, 0.1) is 5.69 Å². The van der Waals surface area contributed by atoms with E-state index >= 15 is 0 Å². The van der Waals surface area contributed by atoms with Crippen molar-refractivity contribution < 1.29 is 22.7 Å². The topological polar surface area (TPSA) is 106 Å². The van der Waals surface area contributed by atoms with Gasteiger partial charge in [-0.3, -0.25) is 4.79 Å². The van der Waals surface area contributed by atoms with Crippen molar-refractivity contribution >= 4 is 5.91 Å². The Labute approximate surface area is 155 Å². The van der Waals surface area contributed by atoms with Gasteiger partial charge < -0.3 is 4.74 Å². The number of hydrogen-bond acceptors (Lipinski definition) is 4. The lowest BCUT2D eigenvalue weighted by Gasteiger charge is -2.09. The molecule has 1 heterocycles. The molecular weight excluding hydrogens is 377 g/mol. The molecule has 0 aliphatic heterocycles. The van der Waals surface area contributed by atoms with Crippen LogP contribution in [-0.2, 0) is 11.2 Å². The first kappa shape index (κ1) is 18.9. The minimum atomic E-state index is -4.75. The molecule has 2 aromatic carbocycles. The highest BCUT2D eigenvalue weighted by atomic mass is 19.4. The lowest BCUT2D eigenvalue weighted by atomic mass is 10.1. The second-order valence-electron chi connectivity index (χ2n) is 5.51. The van der Waals surface area contributed by atoms with Crippen molar-refractivity contribution in [1.29, 1.82) is 0 Å². The lowest BCUT2D eigenvalue weighted by molar-refractivity contribution is -0.274. The Morgan fingerprint density at radius 1 is 1.14 bits per heavy atom. The number of hydrogen-bond donors (Lipinski definition) is 0. The van der Waals surface area contributed by atoms with Crippen LogP contribution in [0.1, 0.15) is 5.56 Å². The Kier molecular flexibility index (Phi) is 5.28. The number of alkyl halides is 3. The standard InChI is InChI=1S/C17H11F3N6O2/c18-17(19,20)28-14-7-5-13(6-8-14)26-10-22-16(24-26)12-3-1-11(2-4-12)9-15(27)23-25-21/h1-8,10H,9H2. The second-order valence-corrected chi connectivity index (χ2v) is 5.51. The van der Waals surface area contributed by atoms with E-state index in [2.05, 4.69) is 24.8 Å². The van der Waals surface area contributed by atoms with E-state index in [1.807, 2.05) is 0 Å². The fraction of sp³-hybridized carbons (Fsp3) is 0.118. The molecule has 0 saturated carbocycles. The van der Waals surface area contributed by atoms with Crippen LogP contribution in [0.25, 0.3) is 27.5 Å². The summed E-state index contributed by atoms with van der Waals surface area (Å²) in [6.07, 6.45) is -3.34. The fourth-order valence-electron chi connectivity index (χ4n) is 2.35. The second kappa shape index (κ2) is 7.80. The van der Waals surface area contributed by atoms with Crippen LogP contribution in [-0.4, -0.2) is 27.0 Å². The number of carbonyl (C=O) groups excluding carboxylic acids is 1. The molecule has 28 heavy (non-hydrogen) atoms. The molecule has 142 valence electrons. The highest BCUT2D eigenvalue weighted by Crippen LogP contribution is 2.24. The molecule has 0 fully saturated rings. The van der Waals surface area contributed by atoms with Crippen molar-refractivity contribution in [2.45, 2.75) is 12.8 Å². The normalized spacial score (nSPS) is 11.0. The average Bonchev–Trinajstić information content (AvgIpc) is 3.12. The van der Waals surface area contributed by atoms with Crippen molar-refractivity contribution in [3.63, 3.8) is 0 Å². The van der Waals surface area contributed by atoms with Gasteiger partial charge in [0, 0.05) is 16.9 Å². The van der Waals surface area contributed by atoms with E-state index in [9.17, 15) is 18.0 Å². The van der Waals surface area contributed by atoms with E-state index in [-0.39, 0.29) is 12.2 Å². The molecule has 3 rings (SSSR count). The number of rotatable bonds is 5. The molecule has 3 aromatic rings. The predicted molar refractivity (Wildman–Crippen MR) is 91.3 cm³/mol. The summed E-state index contributed by atoms with van der Waals surface area (Å²) >= 11 is 0. The Morgan fingerprint density at radius 3 is 2.43 bits per heavy atom. The Balaban J connectivity index is 1.73. The van der Waals surface area contributed by atoms with Crippen LogP contribution in [0.2, 0.25) is 0 Å². The van der Waals surface area contributed by atoms with Gasteiger partial charge in [0.25, 0.3) is 0 Å². The minimum Gasteiger partial charge on any atom is -0.406 e. The fourth-order valence-corrected chi connectivity index (χ4v) is 2.35. The molecule has 0 radical (unpaired) electrons. The van der Waals surface area contributed by atoms with Gasteiger partial charge in [0.1, 0.15) is 12.1 Å². The quantitative estimate of drug-likeness (QED) is 0.371. The van der Waals surface area contributed by atoms with E-state index in [4.69, 9.17) is 5.53 Å². The molecular formula is C17H11F3N6O2. The van der Waals surface area contributed by atoms with Crippen molar-refractivity contribution in [2.24, 2.45) is 5.11 Å². The largest absolute Gasteiger partial charge is 0.573 e. The number of carbonyl (C=O) groups is 1. The van der Waals surface area contributed by atoms with Gasteiger partial charge in [0.2, 0.25) is 5.91 Å². The molecule has 0 bridgehead atoms. The van der Waals surface area contributed by atoms with Gasteiger partial charge >= 0.3 is 6.36 Å². The van der Waals surface area contributed by atoms with Crippen LogP contribution < -0.4 is 4.74 Å². The Bertz CT molecular complexity index is 1020. The lowest BCUT2D eigenvalue weighted by Crippen LogP contribution is -2.17. The summed E-state index contributed by atoms with van der Waals surface area (Å²) < 4.78 is 41.8. The summed E-state index contributed by atoms with van der Waals surface area (Å²) in [5.41, 5.74) is 10.1. The molecule has 0 aliphatic rings. The molecule has 0 aliphatic carbocycles. The molecule has 0 saturated heterocycles. The first-order valence-electron chi connectivity index (χ1n) is 7.79. The number of azide groups is 1. The van der Waals surface area contributed by atoms with Crippen LogP contribution >= 0.6 is 0 Å². The smallest absolute Gasteiger partial charge is 0.406 e. The predicted octanol–water partition coefficient (Wildman–Crippen LogP) is 4.21. The summed E-state index contributed by atoms with van der Waals surface area (Å²) in [7, 11) is 0. The van der Waals surface area contributed by atoms with Gasteiger partial charge in [-0.25, -0.2) is 9.67 Å². The number of benzene rings is 2. The molecule has 11 heteroatoms. The third-order valence-corrected chi connectivity index (χ3v) is 3.55. The van der Waals surface area contributed by atoms with Gasteiger partial charge in [-0.2, -0.15) is 0 Å². The minimum absolute atomic E-state index is 0.0153. The van der Waals surface area contributed by atoms with Crippen LogP contribution in [0.4, 0.5) is 13.2 Å². The average molecular weight is 388 g/mol. The maximum Gasteiger partial charge on any atom is 0.573 e. The van der Waals surface area contributed by atoms with Gasteiger partial charge in [-0.05, 0) is 40.5 Å². The van der Waals surface area contributed by atoms with Crippen molar-refractivity contribution in [1.82, 2.24) is 14.8 Å². The third-order valence-electron chi connectivity index (χ3n) is 3.55. The van der Waals surface area contributed by atoms with Crippen LogP contribution in [0.3, 0.4) is 0 Å². The van der Waals surface area contributed by atoms with E-state index in [0.717, 1.165) is 0 Å². The molecule has 0 unspecified atom stereocenters. The maximum absolute atomic E-state index is 12.2. The van der Waals surface area contributed by atoms with E-state index < -0.39 is 12.3 Å². The zero-order valence-corrected chi connectivity index (χ0v) is 14.0. The highest BCUT2D eigenvalue weighted by molar-refractivity contribution is 5.79. The molecule has 8 nitrogen and oxygen atoms in total. The summed E-state index contributed by atoms with van der Waals surface area (Å²) in [6, 6.07) is 12.0. The first-order valence-corrected chi connectivity index (χ1v) is 7.79. The molecule has 1 amide bonds. The number of amides is 1. The van der Waals surface area contributed by atoms with Crippen LogP contribution in [0.15, 0.2) is 60.0 Å². The zero-order chi connectivity index (χ0) is 20.1. The van der Waals surface area contributed by atoms with Crippen molar-refractivity contribution in [3.05, 3.63) is 70.9 Å². The number of halogens is 3. The molecule has 1 aromatic heterocycles. The van der Waals surface area contributed by atoms with E-state index in [0.29, 0.717) is 22.6 Å². The van der Waals surface area contributed by atoms with E-state index in [1.54, 1.807) is 24.3 Å². The van der Waals surface area contributed by atoms with Crippen molar-refractivity contribution in [2.75, 3.05) is 0 Å². The number of aromatic nitrogens is 3. The summed E-state index contributed by atoms with van der Waals surface area (Å²) in [5.74, 6) is -0.526. The van der Waals surface area contributed by atoms with Gasteiger partial charge in [-0.15, -0.1) is 18.3 Å². The van der Waals surface area contributed by atoms with Gasteiger partial charge in [-0.1, -0.05) is 24.3 Å². The summed E-state index contributed by atoms with van der Waals surface area (Å²) in [6.45, 7) is 0. The zero-order valence-electron chi connectivity index (χ0n) is 14.0. The van der Waals surface area contributed by atoms with Crippen LogP contribution in [0.5, 0.6) is 5.75 Å². The third kappa shape index (κ3) is 4.86. The molecule has 0 spiro atoms. The van der Waals surface area contributed by atoms with Crippen molar-refractivity contribution in [3.8, 4) is 22.8 Å². The first-order chi connectivity index (χ1) is 13.3. The Morgan fingerprint density at radius 2 is 1.82 bits per heavy atom. The molecule has 0 atom stereocenters. The number of nitrogens with zero attached hydrogens (tertiary/aromatic N) is 6. The maximum atomic E-state index is 12.2. The van der Waals surface area contributed by atoms with Crippen LogP contribution in [0, 0.1) is 0 Å². The Hall–Kier alpha value is -3.85. The van der Waals surface area contributed by atoms with Gasteiger partial charge in [0.15, 0.2) is 5.82 Å². The summed E-state index contributed by atoms with van der Waals surface area (Å²) in [5, 5.41) is 7.29. The molecule has 0 N–H and O–H groups in total. The highest BCUT2D eigenvalue weighted by Gasteiger charge is 2.30. The number of ether oxygens (including phenoxy) is 1. The summed E-state index contributed by atoms with van der Waals surface area (Å²) in [4.78, 5) is 17.9. The SMILES string of the molecule is [N-]=[N+]=NC(=O)Cc1ccc(-c2ncn(-c3ccc(OC(F)(F)F)cc3)n2)cc1. The van der Waals surface area contributed by atoms with E-state index in [1.165, 1.54) is 35.3 Å². The monoisotopic (exact) mass is 388 g/mol.